The maximum absolute atomic E-state index is 11.7. The second-order valence-electron chi connectivity index (χ2n) is 4.91. The Kier molecular flexibility index (Phi) is 11.0. The summed E-state index contributed by atoms with van der Waals surface area (Å²) < 4.78 is 10.0. The molecular weight excluding hydrogens is 260 g/mol. The SMILES string of the molecule is CCCN(CC(=O)NCCCOC(C)C)CC(=O)OC. The van der Waals surface area contributed by atoms with Crippen molar-refractivity contribution < 1.29 is 19.1 Å². The summed E-state index contributed by atoms with van der Waals surface area (Å²) in [5, 5.41) is 2.82. The summed E-state index contributed by atoms with van der Waals surface area (Å²) in [6.07, 6.45) is 1.88. The molecule has 6 heteroatoms. The predicted octanol–water partition coefficient (Wildman–Crippen LogP) is 0.803. The summed E-state index contributed by atoms with van der Waals surface area (Å²) >= 11 is 0. The first-order chi connectivity index (χ1) is 9.49. The monoisotopic (exact) mass is 288 g/mol. The minimum atomic E-state index is -0.323. The topological polar surface area (TPSA) is 67.9 Å². The predicted molar refractivity (Wildman–Crippen MR) is 77.5 cm³/mol. The molecule has 0 aliphatic heterocycles. The van der Waals surface area contributed by atoms with E-state index in [1.807, 2.05) is 20.8 Å². The second kappa shape index (κ2) is 11.7. The number of carbonyl (C=O) groups excluding carboxylic acids is 2. The van der Waals surface area contributed by atoms with E-state index >= 15 is 0 Å². The van der Waals surface area contributed by atoms with E-state index in [1.54, 1.807) is 4.90 Å². The zero-order valence-electron chi connectivity index (χ0n) is 13.1. The zero-order valence-corrected chi connectivity index (χ0v) is 13.1. The molecule has 0 bridgehead atoms. The minimum Gasteiger partial charge on any atom is -0.468 e. The summed E-state index contributed by atoms with van der Waals surface area (Å²) in [4.78, 5) is 24.8. The van der Waals surface area contributed by atoms with Gasteiger partial charge >= 0.3 is 5.97 Å². The van der Waals surface area contributed by atoms with Crippen LogP contribution in [-0.4, -0.2) is 62.8 Å². The molecule has 0 aromatic carbocycles. The van der Waals surface area contributed by atoms with Crippen molar-refractivity contribution in [2.75, 3.05) is 39.9 Å². The molecule has 118 valence electrons. The number of hydrogen-bond acceptors (Lipinski definition) is 5. The average Bonchev–Trinajstić information content (AvgIpc) is 2.38. The molecule has 0 aliphatic carbocycles. The molecule has 0 saturated carbocycles. The number of hydrogen-bond donors (Lipinski definition) is 1. The third-order valence-electron chi connectivity index (χ3n) is 2.58. The number of rotatable bonds is 11. The van der Waals surface area contributed by atoms with E-state index in [2.05, 4.69) is 10.1 Å². The van der Waals surface area contributed by atoms with Crippen molar-refractivity contribution in [1.29, 1.82) is 0 Å². The van der Waals surface area contributed by atoms with Crippen LogP contribution in [0.25, 0.3) is 0 Å². The molecule has 20 heavy (non-hydrogen) atoms. The van der Waals surface area contributed by atoms with Crippen molar-refractivity contribution in [1.82, 2.24) is 10.2 Å². The van der Waals surface area contributed by atoms with Crippen LogP contribution in [0.3, 0.4) is 0 Å². The first kappa shape index (κ1) is 18.9. The van der Waals surface area contributed by atoms with Gasteiger partial charge in [0.15, 0.2) is 0 Å². The number of methoxy groups -OCH3 is 1. The fraction of sp³-hybridized carbons (Fsp3) is 0.857. The molecule has 0 aromatic heterocycles. The summed E-state index contributed by atoms with van der Waals surface area (Å²) in [6.45, 7) is 8.25. The molecule has 0 rings (SSSR count). The summed E-state index contributed by atoms with van der Waals surface area (Å²) in [5.74, 6) is -0.400. The number of nitrogens with zero attached hydrogens (tertiary/aromatic N) is 1. The Morgan fingerprint density at radius 3 is 2.50 bits per heavy atom. The third kappa shape index (κ3) is 10.8. The van der Waals surface area contributed by atoms with Crippen LogP contribution >= 0.6 is 0 Å². The first-order valence-electron chi connectivity index (χ1n) is 7.17. The third-order valence-corrected chi connectivity index (χ3v) is 2.58. The lowest BCUT2D eigenvalue weighted by Crippen LogP contribution is -2.40. The Labute approximate surface area is 121 Å². The minimum absolute atomic E-state index is 0.0769. The van der Waals surface area contributed by atoms with E-state index in [-0.39, 0.29) is 31.1 Å². The van der Waals surface area contributed by atoms with Crippen LogP contribution < -0.4 is 5.32 Å². The standard InChI is InChI=1S/C14H28N2O4/c1-5-8-16(11-14(18)19-4)10-13(17)15-7-6-9-20-12(2)3/h12H,5-11H2,1-4H3,(H,15,17). The highest BCUT2D eigenvalue weighted by Gasteiger charge is 2.13. The van der Waals surface area contributed by atoms with Gasteiger partial charge in [0, 0.05) is 13.2 Å². The van der Waals surface area contributed by atoms with Crippen molar-refractivity contribution in [3.8, 4) is 0 Å². The van der Waals surface area contributed by atoms with Crippen LogP contribution in [0, 0.1) is 0 Å². The van der Waals surface area contributed by atoms with Crippen LogP contribution in [-0.2, 0) is 19.1 Å². The van der Waals surface area contributed by atoms with E-state index < -0.39 is 0 Å². The van der Waals surface area contributed by atoms with Crippen molar-refractivity contribution in [3.63, 3.8) is 0 Å². The van der Waals surface area contributed by atoms with Gasteiger partial charge in [-0.1, -0.05) is 6.92 Å². The van der Waals surface area contributed by atoms with Crippen LogP contribution in [0.5, 0.6) is 0 Å². The molecule has 0 spiro atoms. The molecule has 0 unspecified atom stereocenters. The van der Waals surface area contributed by atoms with Gasteiger partial charge < -0.3 is 14.8 Å². The van der Waals surface area contributed by atoms with E-state index in [0.29, 0.717) is 19.7 Å². The molecule has 0 atom stereocenters. The highest BCUT2D eigenvalue weighted by atomic mass is 16.5. The molecule has 0 fully saturated rings. The van der Waals surface area contributed by atoms with Crippen LogP contribution in [0.2, 0.25) is 0 Å². The number of amides is 1. The Morgan fingerprint density at radius 2 is 1.95 bits per heavy atom. The summed E-state index contributed by atoms with van der Waals surface area (Å²) in [5.41, 5.74) is 0. The molecule has 1 N–H and O–H groups in total. The van der Waals surface area contributed by atoms with Gasteiger partial charge in [-0.25, -0.2) is 0 Å². The largest absolute Gasteiger partial charge is 0.468 e. The van der Waals surface area contributed by atoms with Crippen molar-refractivity contribution in [2.45, 2.75) is 39.7 Å². The summed E-state index contributed by atoms with van der Waals surface area (Å²) in [7, 11) is 1.35. The lowest BCUT2D eigenvalue weighted by Gasteiger charge is -2.19. The highest BCUT2D eigenvalue weighted by molar-refractivity contribution is 5.79. The number of carbonyl (C=O) groups is 2. The molecule has 0 heterocycles. The van der Waals surface area contributed by atoms with E-state index in [0.717, 1.165) is 12.8 Å². The molecule has 0 aliphatic rings. The maximum Gasteiger partial charge on any atom is 0.319 e. The van der Waals surface area contributed by atoms with Crippen LogP contribution in [0.1, 0.15) is 33.6 Å². The number of nitrogens with one attached hydrogen (secondary N) is 1. The van der Waals surface area contributed by atoms with Gasteiger partial charge in [-0.2, -0.15) is 0 Å². The van der Waals surface area contributed by atoms with E-state index in [9.17, 15) is 9.59 Å². The van der Waals surface area contributed by atoms with Gasteiger partial charge in [-0.05, 0) is 33.2 Å². The van der Waals surface area contributed by atoms with Crippen molar-refractivity contribution in [3.05, 3.63) is 0 Å². The van der Waals surface area contributed by atoms with Gasteiger partial charge in [-0.3, -0.25) is 14.5 Å². The molecule has 6 nitrogen and oxygen atoms in total. The van der Waals surface area contributed by atoms with Gasteiger partial charge in [0.25, 0.3) is 0 Å². The van der Waals surface area contributed by atoms with E-state index in [4.69, 9.17) is 4.74 Å². The number of esters is 1. The smallest absolute Gasteiger partial charge is 0.319 e. The molecule has 1 amide bonds. The van der Waals surface area contributed by atoms with Gasteiger partial charge in [0.1, 0.15) is 0 Å². The fourth-order valence-corrected chi connectivity index (χ4v) is 1.66. The average molecular weight is 288 g/mol. The first-order valence-corrected chi connectivity index (χ1v) is 7.17. The normalized spacial score (nSPS) is 10.9. The second-order valence-corrected chi connectivity index (χ2v) is 4.91. The fourth-order valence-electron chi connectivity index (χ4n) is 1.66. The lowest BCUT2D eigenvalue weighted by molar-refractivity contribution is -0.142. The maximum atomic E-state index is 11.7. The Morgan fingerprint density at radius 1 is 1.25 bits per heavy atom. The van der Waals surface area contributed by atoms with Crippen LogP contribution in [0.4, 0.5) is 0 Å². The van der Waals surface area contributed by atoms with Gasteiger partial charge in [-0.15, -0.1) is 0 Å². The van der Waals surface area contributed by atoms with Crippen molar-refractivity contribution >= 4 is 11.9 Å². The van der Waals surface area contributed by atoms with Crippen molar-refractivity contribution in [2.24, 2.45) is 0 Å². The van der Waals surface area contributed by atoms with E-state index in [1.165, 1.54) is 7.11 Å². The Bertz CT molecular complexity index is 282. The summed E-state index contributed by atoms with van der Waals surface area (Å²) in [6, 6.07) is 0. The number of ether oxygens (including phenoxy) is 2. The molecule has 0 saturated heterocycles. The van der Waals surface area contributed by atoms with Gasteiger partial charge in [0.05, 0.1) is 26.3 Å². The highest BCUT2D eigenvalue weighted by Crippen LogP contribution is 1.93. The molecule has 0 aromatic rings. The zero-order chi connectivity index (χ0) is 15.4. The molecular formula is C14H28N2O4. The van der Waals surface area contributed by atoms with Gasteiger partial charge in [0.2, 0.25) is 5.91 Å². The quantitative estimate of drug-likeness (QED) is 0.450. The Hall–Kier alpha value is -1.14. The molecule has 0 radical (unpaired) electrons. The lowest BCUT2D eigenvalue weighted by atomic mass is 10.3. The van der Waals surface area contributed by atoms with Crippen LogP contribution in [0.15, 0.2) is 0 Å². The Balaban J connectivity index is 3.86.